The summed E-state index contributed by atoms with van der Waals surface area (Å²) in [6.45, 7) is 1.15. The Morgan fingerprint density at radius 1 is 1.50 bits per heavy atom. The monoisotopic (exact) mass is 311 g/mol. The normalized spacial score (nSPS) is 11.2. The van der Waals surface area contributed by atoms with E-state index in [-0.39, 0.29) is 10.2 Å². The summed E-state index contributed by atoms with van der Waals surface area (Å²) in [5.41, 5.74) is -0.316. The van der Waals surface area contributed by atoms with Gasteiger partial charge in [0.15, 0.2) is 0 Å². The Morgan fingerprint density at radius 3 is 2.50 bits per heavy atom. The molecule has 0 spiro atoms. The predicted molar refractivity (Wildman–Crippen MR) is 58.2 cm³/mol. The van der Waals surface area contributed by atoms with Gasteiger partial charge in [0.1, 0.15) is 10.7 Å². The first-order chi connectivity index (χ1) is 7.21. The number of hydrogen-bond donors (Lipinski definition) is 2. The smallest absolute Gasteiger partial charge is 0.295 e. The van der Waals surface area contributed by atoms with Crippen molar-refractivity contribution < 1.29 is 22.2 Å². The van der Waals surface area contributed by atoms with E-state index in [0.717, 1.165) is 19.1 Å². The molecule has 0 aliphatic carbocycles. The van der Waals surface area contributed by atoms with Gasteiger partial charge in [-0.1, -0.05) is 0 Å². The standard InChI is InChI=1S/C8H7BrFNO4S/c1-4(12)11-7-3-8(16(13,14)15)5(9)2-6(7)10/h2-3H,1H3,(H,11,12)(H,13,14,15). The molecule has 5 nitrogen and oxygen atoms in total. The molecule has 0 unspecified atom stereocenters. The van der Waals surface area contributed by atoms with Crippen LogP contribution in [0.5, 0.6) is 0 Å². The van der Waals surface area contributed by atoms with Gasteiger partial charge in [-0.3, -0.25) is 9.35 Å². The summed E-state index contributed by atoms with van der Waals surface area (Å²) in [6, 6.07) is 1.67. The summed E-state index contributed by atoms with van der Waals surface area (Å²) in [6.07, 6.45) is 0. The van der Waals surface area contributed by atoms with E-state index in [1.807, 2.05) is 0 Å². The summed E-state index contributed by atoms with van der Waals surface area (Å²) < 4.78 is 43.7. The molecular weight excluding hydrogens is 305 g/mol. The van der Waals surface area contributed by atoms with Crippen molar-refractivity contribution in [3.05, 3.63) is 22.4 Å². The van der Waals surface area contributed by atoms with Gasteiger partial charge in [-0.25, -0.2) is 4.39 Å². The van der Waals surface area contributed by atoms with Crippen LogP contribution in [0.3, 0.4) is 0 Å². The van der Waals surface area contributed by atoms with Gasteiger partial charge < -0.3 is 5.32 Å². The topological polar surface area (TPSA) is 83.5 Å². The van der Waals surface area contributed by atoms with Gasteiger partial charge in [-0.05, 0) is 28.1 Å². The molecule has 0 saturated carbocycles. The van der Waals surface area contributed by atoms with Crippen LogP contribution < -0.4 is 5.32 Å². The van der Waals surface area contributed by atoms with E-state index in [2.05, 4.69) is 21.2 Å². The molecule has 0 heterocycles. The maximum absolute atomic E-state index is 13.3. The molecule has 88 valence electrons. The first-order valence-corrected chi connectivity index (χ1v) is 6.19. The third-order valence-corrected chi connectivity index (χ3v) is 3.42. The molecule has 0 saturated heterocycles. The zero-order chi connectivity index (χ0) is 12.5. The van der Waals surface area contributed by atoms with Crippen molar-refractivity contribution >= 4 is 37.6 Å². The molecule has 2 N–H and O–H groups in total. The van der Waals surface area contributed by atoms with Gasteiger partial charge in [0.25, 0.3) is 10.1 Å². The van der Waals surface area contributed by atoms with Crippen molar-refractivity contribution in [3.8, 4) is 0 Å². The second-order valence-electron chi connectivity index (χ2n) is 2.92. The average molecular weight is 312 g/mol. The highest BCUT2D eigenvalue weighted by Gasteiger charge is 2.18. The van der Waals surface area contributed by atoms with Gasteiger partial charge in [-0.2, -0.15) is 8.42 Å². The molecule has 0 aliphatic heterocycles. The first-order valence-electron chi connectivity index (χ1n) is 3.96. The van der Waals surface area contributed by atoms with Crippen molar-refractivity contribution in [1.29, 1.82) is 0 Å². The fourth-order valence-corrected chi connectivity index (χ4v) is 2.51. The maximum atomic E-state index is 13.3. The van der Waals surface area contributed by atoms with Crippen LogP contribution in [0.1, 0.15) is 6.92 Å². The highest BCUT2D eigenvalue weighted by Crippen LogP contribution is 2.28. The summed E-state index contributed by atoms with van der Waals surface area (Å²) in [5, 5.41) is 2.10. The van der Waals surface area contributed by atoms with Crippen LogP contribution in [0.4, 0.5) is 10.1 Å². The molecule has 0 radical (unpaired) electrons. The van der Waals surface area contributed by atoms with Crippen LogP contribution in [0, 0.1) is 5.82 Å². The van der Waals surface area contributed by atoms with E-state index in [0.29, 0.717) is 0 Å². The molecule has 8 heteroatoms. The number of carbonyl (C=O) groups excluding carboxylic acids is 1. The minimum atomic E-state index is -4.47. The second-order valence-corrected chi connectivity index (χ2v) is 5.16. The van der Waals surface area contributed by atoms with Crippen LogP contribution in [0.2, 0.25) is 0 Å². The van der Waals surface area contributed by atoms with E-state index < -0.39 is 26.7 Å². The third kappa shape index (κ3) is 3.00. The summed E-state index contributed by atoms with van der Waals surface area (Å²) in [7, 11) is -4.47. The molecule has 0 aliphatic rings. The van der Waals surface area contributed by atoms with Crippen molar-refractivity contribution in [2.24, 2.45) is 0 Å². The predicted octanol–water partition coefficient (Wildman–Crippen LogP) is 1.79. The van der Waals surface area contributed by atoms with E-state index >= 15 is 0 Å². The zero-order valence-corrected chi connectivity index (χ0v) is 10.4. The molecular formula is C8H7BrFNO4S. The Morgan fingerprint density at radius 2 is 2.06 bits per heavy atom. The number of halogens is 2. The molecule has 0 fully saturated rings. The molecule has 0 bridgehead atoms. The number of amides is 1. The largest absolute Gasteiger partial charge is 0.324 e. The van der Waals surface area contributed by atoms with E-state index in [4.69, 9.17) is 4.55 Å². The number of anilines is 1. The SMILES string of the molecule is CC(=O)Nc1cc(S(=O)(=O)O)c(Br)cc1F. The Bertz CT molecular complexity index is 543. The lowest BCUT2D eigenvalue weighted by atomic mass is 10.3. The van der Waals surface area contributed by atoms with Gasteiger partial charge in [0.05, 0.1) is 5.69 Å². The van der Waals surface area contributed by atoms with E-state index in [1.165, 1.54) is 0 Å². The fraction of sp³-hybridized carbons (Fsp3) is 0.125. The van der Waals surface area contributed by atoms with Gasteiger partial charge in [0.2, 0.25) is 5.91 Å². The maximum Gasteiger partial charge on any atom is 0.295 e. The Hall–Kier alpha value is -0.990. The quantitative estimate of drug-likeness (QED) is 0.816. The van der Waals surface area contributed by atoms with Crippen LogP contribution in [0.15, 0.2) is 21.5 Å². The van der Waals surface area contributed by atoms with Crippen LogP contribution in [0.25, 0.3) is 0 Å². The van der Waals surface area contributed by atoms with Crippen LogP contribution in [-0.2, 0) is 14.9 Å². The summed E-state index contributed by atoms with van der Waals surface area (Å²) >= 11 is 2.79. The molecule has 1 amide bonds. The van der Waals surface area contributed by atoms with Crippen molar-refractivity contribution in [2.45, 2.75) is 11.8 Å². The van der Waals surface area contributed by atoms with Crippen molar-refractivity contribution in [1.82, 2.24) is 0 Å². The summed E-state index contributed by atoms with van der Waals surface area (Å²) in [4.78, 5) is 10.2. The van der Waals surface area contributed by atoms with Gasteiger partial charge >= 0.3 is 0 Å². The fourth-order valence-electron chi connectivity index (χ4n) is 1.01. The molecule has 0 atom stereocenters. The molecule has 0 aromatic heterocycles. The molecule has 1 rings (SSSR count). The lowest BCUT2D eigenvalue weighted by Gasteiger charge is -2.07. The van der Waals surface area contributed by atoms with Crippen molar-refractivity contribution in [2.75, 3.05) is 5.32 Å². The van der Waals surface area contributed by atoms with Crippen LogP contribution >= 0.6 is 15.9 Å². The number of hydrogen-bond acceptors (Lipinski definition) is 3. The zero-order valence-electron chi connectivity index (χ0n) is 7.99. The lowest BCUT2D eigenvalue weighted by Crippen LogP contribution is -2.09. The van der Waals surface area contributed by atoms with E-state index in [1.54, 1.807) is 0 Å². The molecule has 1 aromatic rings. The number of rotatable bonds is 2. The number of benzene rings is 1. The highest BCUT2D eigenvalue weighted by molar-refractivity contribution is 9.10. The van der Waals surface area contributed by atoms with Crippen molar-refractivity contribution in [3.63, 3.8) is 0 Å². The molecule has 16 heavy (non-hydrogen) atoms. The van der Waals surface area contributed by atoms with Gasteiger partial charge in [-0.15, -0.1) is 0 Å². The third-order valence-electron chi connectivity index (χ3n) is 1.61. The average Bonchev–Trinajstić information content (AvgIpc) is 2.06. The Balaban J connectivity index is 3.38. The first kappa shape index (κ1) is 13.1. The van der Waals surface area contributed by atoms with E-state index in [9.17, 15) is 17.6 Å². The summed E-state index contributed by atoms with van der Waals surface area (Å²) in [5.74, 6) is -1.36. The minimum Gasteiger partial charge on any atom is -0.324 e. The van der Waals surface area contributed by atoms with Crippen LogP contribution in [-0.4, -0.2) is 18.9 Å². The Labute approximate surface area is 99.5 Å². The van der Waals surface area contributed by atoms with Gasteiger partial charge in [0, 0.05) is 11.4 Å². The minimum absolute atomic E-state index is 0.124. The number of nitrogens with one attached hydrogen (secondary N) is 1. The number of carbonyl (C=O) groups is 1. The highest BCUT2D eigenvalue weighted by atomic mass is 79.9. The second kappa shape index (κ2) is 4.48. The lowest BCUT2D eigenvalue weighted by molar-refractivity contribution is -0.114. The Kier molecular flexibility index (Phi) is 3.66. The molecule has 1 aromatic carbocycles.